The maximum absolute atomic E-state index is 9.92. The quantitative estimate of drug-likeness (QED) is 0.798. The lowest BCUT2D eigenvalue weighted by Gasteiger charge is -2.19. The average Bonchev–Trinajstić information content (AvgIpc) is 2.27. The molecular weight excluding hydrogens is 198 g/mol. The molecule has 0 radical (unpaired) electrons. The fourth-order valence-corrected chi connectivity index (χ4v) is 1.92. The maximum atomic E-state index is 9.92. The van der Waals surface area contributed by atoms with E-state index in [0.717, 1.165) is 25.7 Å². The number of aliphatic hydroxyl groups excluding tert-OH is 1. The Bertz CT molecular complexity index is 309. The molecule has 1 N–H and O–H groups in total. The monoisotopic (exact) mass is 221 g/mol. The Hall–Kier alpha value is -1.02. The molecule has 0 fully saturated rings. The molecule has 16 heavy (non-hydrogen) atoms. The highest BCUT2D eigenvalue weighted by molar-refractivity contribution is 5.52. The maximum Gasteiger partial charge on any atom is 0.0581 e. The van der Waals surface area contributed by atoms with E-state index in [1.165, 1.54) is 11.3 Å². The SMILES string of the molecule is CCCCC(O)Cc1ccccc1N(C)C. The zero-order valence-corrected chi connectivity index (χ0v) is 10.6. The fourth-order valence-electron chi connectivity index (χ4n) is 1.92. The summed E-state index contributed by atoms with van der Waals surface area (Å²) in [5.41, 5.74) is 2.44. The smallest absolute Gasteiger partial charge is 0.0581 e. The van der Waals surface area contributed by atoms with Crippen LogP contribution in [0, 0.1) is 0 Å². The van der Waals surface area contributed by atoms with Crippen LogP contribution in [0.4, 0.5) is 5.69 Å². The van der Waals surface area contributed by atoms with E-state index in [4.69, 9.17) is 0 Å². The lowest BCUT2D eigenvalue weighted by molar-refractivity contribution is 0.162. The first-order valence-corrected chi connectivity index (χ1v) is 6.08. The molecular formula is C14H23NO. The summed E-state index contributed by atoms with van der Waals surface area (Å²) in [6, 6.07) is 8.28. The molecule has 0 aliphatic carbocycles. The van der Waals surface area contributed by atoms with Gasteiger partial charge in [0.15, 0.2) is 0 Å². The molecule has 0 heterocycles. The van der Waals surface area contributed by atoms with Crippen LogP contribution in [0.15, 0.2) is 24.3 Å². The third-order valence-electron chi connectivity index (χ3n) is 2.82. The number of hydrogen-bond donors (Lipinski definition) is 1. The van der Waals surface area contributed by atoms with Crippen LogP contribution < -0.4 is 4.90 Å². The molecule has 0 bridgehead atoms. The highest BCUT2D eigenvalue weighted by Crippen LogP contribution is 2.20. The van der Waals surface area contributed by atoms with Gasteiger partial charge in [-0.25, -0.2) is 0 Å². The first kappa shape index (κ1) is 13.0. The highest BCUT2D eigenvalue weighted by Gasteiger charge is 2.09. The number of benzene rings is 1. The van der Waals surface area contributed by atoms with Crippen molar-refractivity contribution < 1.29 is 5.11 Å². The largest absolute Gasteiger partial charge is 0.393 e. The minimum atomic E-state index is -0.207. The molecule has 90 valence electrons. The van der Waals surface area contributed by atoms with Crippen molar-refractivity contribution in [3.05, 3.63) is 29.8 Å². The molecule has 0 aromatic heterocycles. The van der Waals surface area contributed by atoms with Gasteiger partial charge in [0.2, 0.25) is 0 Å². The van der Waals surface area contributed by atoms with Gasteiger partial charge >= 0.3 is 0 Å². The van der Waals surface area contributed by atoms with E-state index in [1.807, 2.05) is 26.2 Å². The number of unbranched alkanes of at least 4 members (excludes halogenated alkanes) is 1. The molecule has 0 amide bonds. The Morgan fingerprint density at radius 3 is 2.56 bits per heavy atom. The summed E-state index contributed by atoms with van der Waals surface area (Å²) in [6.45, 7) is 2.15. The van der Waals surface area contributed by atoms with E-state index < -0.39 is 0 Å². The fraction of sp³-hybridized carbons (Fsp3) is 0.571. The van der Waals surface area contributed by atoms with Crippen LogP contribution >= 0.6 is 0 Å². The summed E-state index contributed by atoms with van der Waals surface area (Å²) in [5, 5.41) is 9.92. The first-order valence-electron chi connectivity index (χ1n) is 6.08. The standard InChI is InChI=1S/C14H23NO/c1-4-5-9-13(16)11-12-8-6-7-10-14(12)15(2)3/h6-8,10,13,16H,4-5,9,11H2,1-3H3. The Labute approximate surface area is 98.9 Å². The Balaban J connectivity index is 2.65. The third-order valence-corrected chi connectivity index (χ3v) is 2.82. The van der Waals surface area contributed by atoms with Crippen LogP contribution in [0.1, 0.15) is 31.7 Å². The number of para-hydroxylation sites is 1. The lowest BCUT2D eigenvalue weighted by Crippen LogP contribution is -2.15. The van der Waals surface area contributed by atoms with E-state index in [0.29, 0.717) is 0 Å². The molecule has 0 saturated carbocycles. The molecule has 0 spiro atoms. The Morgan fingerprint density at radius 2 is 1.94 bits per heavy atom. The van der Waals surface area contributed by atoms with Crippen molar-refractivity contribution in [1.29, 1.82) is 0 Å². The van der Waals surface area contributed by atoms with Crippen molar-refractivity contribution in [1.82, 2.24) is 0 Å². The highest BCUT2D eigenvalue weighted by atomic mass is 16.3. The Morgan fingerprint density at radius 1 is 1.25 bits per heavy atom. The molecule has 0 aliphatic rings. The minimum absolute atomic E-state index is 0.207. The predicted molar refractivity (Wildman–Crippen MR) is 70.0 cm³/mol. The Kier molecular flexibility index (Phi) is 5.33. The van der Waals surface area contributed by atoms with E-state index >= 15 is 0 Å². The summed E-state index contributed by atoms with van der Waals surface area (Å²) in [4.78, 5) is 2.10. The van der Waals surface area contributed by atoms with Crippen LogP contribution in [-0.2, 0) is 6.42 Å². The number of hydrogen-bond acceptors (Lipinski definition) is 2. The topological polar surface area (TPSA) is 23.5 Å². The van der Waals surface area contributed by atoms with Gasteiger partial charge in [-0.15, -0.1) is 0 Å². The van der Waals surface area contributed by atoms with E-state index in [2.05, 4.69) is 24.0 Å². The van der Waals surface area contributed by atoms with Gasteiger partial charge in [0.05, 0.1) is 6.10 Å². The summed E-state index contributed by atoms with van der Waals surface area (Å²) >= 11 is 0. The van der Waals surface area contributed by atoms with Crippen molar-refractivity contribution in [2.45, 2.75) is 38.7 Å². The third kappa shape index (κ3) is 3.86. The van der Waals surface area contributed by atoms with Crippen LogP contribution in [0.25, 0.3) is 0 Å². The molecule has 0 aliphatic heterocycles. The molecule has 1 aromatic rings. The molecule has 2 nitrogen and oxygen atoms in total. The van der Waals surface area contributed by atoms with Gasteiger partial charge in [-0.2, -0.15) is 0 Å². The second-order valence-electron chi connectivity index (χ2n) is 4.52. The number of aliphatic hydroxyl groups is 1. The van der Waals surface area contributed by atoms with Gasteiger partial charge < -0.3 is 10.0 Å². The number of rotatable bonds is 6. The van der Waals surface area contributed by atoms with E-state index in [9.17, 15) is 5.11 Å². The predicted octanol–water partition coefficient (Wildman–Crippen LogP) is 2.85. The molecule has 1 atom stereocenters. The van der Waals surface area contributed by atoms with Crippen molar-refractivity contribution in [2.24, 2.45) is 0 Å². The van der Waals surface area contributed by atoms with Gasteiger partial charge in [0.1, 0.15) is 0 Å². The van der Waals surface area contributed by atoms with Crippen molar-refractivity contribution in [3.63, 3.8) is 0 Å². The van der Waals surface area contributed by atoms with Crippen molar-refractivity contribution in [2.75, 3.05) is 19.0 Å². The zero-order chi connectivity index (χ0) is 12.0. The number of anilines is 1. The minimum Gasteiger partial charge on any atom is -0.393 e. The van der Waals surface area contributed by atoms with Crippen molar-refractivity contribution in [3.8, 4) is 0 Å². The summed E-state index contributed by atoms with van der Waals surface area (Å²) in [6.07, 6.45) is 3.70. The first-order chi connectivity index (χ1) is 7.65. The zero-order valence-electron chi connectivity index (χ0n) is 10.6. The van der Waals surface area contributed by atoms with Gasteiger partial charge in [0, 0.05) is 26.2 Å². The van der Waals surface area contributed by atoms with Crippen LogP contribution in [0.3, 0.4) is 0 Å². The average molecular weight is 221 g/mol. The van der Waals surface area contributed by atoms with Gasteiger partial charge in [-0.3, -0.25) is 0 Å². The van der Waals surface area contributed by atoms with Crippen LogP contribution in [-0.4, -0.2) is 25.3 Å². The summed E-state index contributed by atoms with van der Waals surface area (Å²) < 4.78 is 0. The second kappa shape index (κ2) is 6.54. The molecule has 2 heteroatoms. The van der Waals surface area contributed by atoms with Gasteiger partial charge in [0.25, 0.3) is 0 Å². The number of nitrogens with zero attached hydrogens (tertiary/aromatic N) is 1. The molecule has 1 aromatic carbocycles. The molecule has 0 saturated heterocycles. The molecule has 1 rings (SSSR count). The molecule has 1 unspecified atom stereocenters. The van der Waals surface area contributed by atoms with Crippen LogP contribution in [0.5, 0.6) is 0 Å². The van der Waals surface area contributed by atoms with E-state index in [1.54, 1.807) is 0 Å². The van der Waals surface area contributed by atoms with Gasteiger partial charge in [-0.1, -0.05) is 38.0 Å². The van der Waals surface area contributed by atoms with E-state index in [-0.39, 0.29) is 6.10 Å². The summed E-state index contributed by atoms with van der Waals surface area (Å²) in [7, 11) is 4.08. The normalized spacial score (nSPS) is 12.5. The van der Waals surface area contributed by atoms with Crippen molar-refractivity contribution >= 4 is 5.69 Å². The summed E-state index contributed by atoms with van der Waals surface area (Å²) in [5.74, 6) is 0. The van der Waals surface area contributed by atoms with Gasteiger partial charge in [-0.05, 0) is 18.1 Å². The lowest BCUT2D eigenvalue weighted by atomic mass is 10.0. The van der Waals surface area contributed by atoms with Crippen LogP contribution in [0.2, 0.25) is 0 Å². The second-order valence-corrected chi connectivity index (χ2v) is 4.52.